The van der Waals surface area contributed by atoms with Gasteiger partial charge in [-0.05, 0) is 43.0 Å². The van der Waals surface area contributed by atoms with E-state index in [1.54, 1.807) is 13.0 Å². The van der Waals surface area contributed by atoms with Gasteiger partial charge in [0.2, 0.25) is 0 Å². The predicted molar refractivity (Wildman–Crippen MR) is 73.7 cm³/mol. The number of carbonyl (C=O) groups is 1. The minimum absolute atomic E-state index is 0.174. The number of nitrogens with one attached hydrogen (secondary N) is 1. The summed E-state index contributed by atoms with van der Waals surface area (Å²) in [7, 11) is 0. The monoisotopic (exact) mass is 267 g/mol. The van der Waals surface area contributed by atoms with Gasteiger partial charge in [-0.3, -0.25) is 4.79 Å². The summed E-state index contributed by atoms with van der Waals surface area (Å²) in [4.78, 5) is 11.8. The van der Waals surface area contributed by atoms with Gasteiger partial charge >= 0.3 is 0 Å². The molecule has 3 nitrogen and oxygen atoms in total. The fourth-order valence-corrected chi connectivity index (χ4v) is 1.58. The Hall–Kier alpha value is -1.42. The van der Waals surface area contributed by atoms with Crippen molar-refractivity contribution in [3.63, 3.8) is 0 Å². The van der Waals surface area contributed by atoms with E-state index in [9.17, 15) is 9.18 Å². The second kappa shape index (κ2) is 7.89. The van der Waals surface area contributed by atoms with Crippen LogP contribution >= 0.6 is 0 Å². The highest BCUT2D eigenvalue weighted by Crippen LogP contribution is 2.08. The molecule has 0 atom stereocenters. The molecule has 1 amide bonds. The van der Waals surface area contributed by atoms with Crippen molar-refractivity contribution in [2.45, 2.75) is 27.2 Å². The van der Waals surface area contributed by atoms with Gasteiger partial charge in [0.15, 0.2) is 0 Å². The number of benzene rings is 1. The van der Waals surface area contributed by atoms with E-state index in [1.165, 1.54) is 12.1 Å². The van der Waals surface area contributed by atoms with Crippen LogP contribution in [-0.4, -0.2) is 25.7 Å². The molecule has 0 spiro atoms. The molecular formula is C15H22FNO2. The lowest BCUT2D eigenvalue weighted by Crippen LogP contribution is -2.25. The largest absolute Gasteiger partial charge is 0.381 e. The number of rotatable bonds is 7. The number of hydrogen-bond acceptors (Lipinski definition) is 2. The van der Waals surface area contributed by atoms with Crippen molar-refractivity contribution in [3.8, 4) is 0 Å². The van der Waals surface area contributed by atoms with Crippen molar-refractivity contribution in [3.05, 3.63) is 35.1 Å². The zero-order chi connectivity index (χ0) is 14.3. The van der Waals surface area contributed by atoms with Crippen LogP contribution in [0.4, 0.5) is 4.39 Å². The summed E-state index contributed by atoms with van der Waals surface area (Å²) in [5.74, 6) is 0.0578. The molecule has 1 aromatic carbocycles. The number of carbonyl (C=O) groups excluding carboxylic acids is 1. The van der Waals surface area contributed by atoms with Crippen LogP contribution in [0.2, 0.25) is 0 Å². The average molecular weight is 267 g/mol. The van der Waals surface area contributed by atoms with E-state index in [1.807, 2.05) is 0 Å². The van der Waals surface area contributed by atoms with E-state index in [0.717, 1.165) is 13.0 Å². The van der Waals surface area contributed by atoms with E-state index >= 15 is 0 Å². The highest BCUT2D eigenvalue weighted by atomic mass is 19.1. The molecule has 106 valence electrons. The zero-order valence-corrected chi connectivity index (χ0v) is 11.8. The number of halogens is 1. The van der Waals surface area contributed by atoms with Crippen molar-refractivity contribution in [2.24, 2.45) is 5.92 Å². The van der Waals surface area contributed by atoms with Gasteiger partial charge < -0.3 is 10.1 Å². The van der Waals surface area contributed by atoms with Crippen LogP contribution in [0.25, 0.3) is 0 Å². The first-order valence-electron chi connectivity index (χ1n) is 6.62. The molecule has 0 saturated heterocycles. The van der Waals surface area contributed by atoms with E-state index in [0.29, 0.717) is 30.2 Å². The minimum atomic E-state index is -0.293. The van der Waals surface area contributed by atoms with Gasteiger partial charge in [-0.2, -0.15) is 0 Å². The van der Waals surface area contributed by atoms with Crippen molar-refractivity contribution < 1.29 is 13.9 Å². The van der Waals surface area contributed by atoms with Gasteiger partial charge in [-0.15, -0.1) is 0 Å². The van der Waals surface area contributed by atoms with Crippen molar-refractivity contribution >= 4 is 5.91 Å². The number of ether oxygens (including phenoxy) is 1. The summed E-state index contributed by atoms with van der Waals surface area (Å²) < 4.78 is 18.5. The lowest BCUT2D eigenvalue weighted by atomic mass is 10.1. The normalized spacial score (nSPS) is 10.8. The van der Waals surface area contributed by atoms with E-state index in [-0.39, 0.29) is 11.7 Å². The Bertz CT molecular complexity index is 419. The molecule has 0 radical (unpaired) electrons. The first kappa shape index (κ1) is 15.6. The molecule has 0 aliphatic heterocycles. The van der Waals surface area contributed by atoms with Crippen LogP contribution in [0.15, 0.2) is 18.2 Å². The summed E-state index contributed by atoms with van der Waals surface area (Å²) in [6, 6.07) is 4.36. The van der Waals surface area contributed by atoms with Crippen LogP contribution in [0.5, 0.6) is 0 Å². The summed E-state index contributed by atoms with van der Waals surface area (Å²) >= 11 is 0. The average Bonchev–Trinajstić information content (AvgIpc) is 2.36. The van der Waals surface area contributed by atoms with Gasteiger partial charge in [0.1, 0.15) is 5.82 Å². The fourth-order valence-electron chi connectivity index (χ4n) is 1.58. The Labute approximate surface area is 114 Å². The Kier molecular flexibility index (Phi) is 6.50. The molecule has 1 rings (SSSR count). The lowest BCUT2D eigenvalue weighted by Gasteiger charge is -2.08. The van der Waals surface area contributed by atoms with Gasteiger partial charge in [0, 0.05) is 25.3 Å². The topological polar surface area (TPSA) is 38.3 Å². The Morgan fingerprint density at radius 1 is 1.42 bits per heavy atom. The summed E-state index contributed by atoms with van der Waals surface area (Å²) in [5.41, 5.74) is 0.968. The summed E-state index contributed by atoms with van der Waals surface area (Å²) in [6.07, 6.45) is 0.776. The first-order valence-corrected chi connectivity index (χ1v) is 6.62. The third-order valence-corrected chi connectivity index (χ3v) is 2.62. The molecule has 0 fully saturated rings. The Balaban J connectivity index is 2.26. The molecule has 1 N–H and O–H groups in total. The van der Waals surface area contributed by atoms with Crippen molar-refractivity contribution in [2.75, 3.05) is 19.8 Å². The standard InChI is InChI=1S/C15H22FNO2/c1-11(2)10-19-8-4-7-17-15(18)13-5-6-14(16)12(3)9-13/h5-6,9,11H,4,7-8,10H2,1-3H3,(H,17,18). The van der Waals surface area contributed by atoms with Crippen LogP contribution in [0.1, 0.15) is 36.2 Å². The van der Waals surface area contributed by atoms with Gasteiger partial charge in [0.05, 0.1) is 0 Å². The molecule has 1 aromatic rings. The van der Waals surface area contributed by atoms with Gasteiger partial charge in [-0.25, -0.2) is 4.39 Å². The molecule has 0 bridgehead atoms. The second-order valence-electron chi connectivity index (χ2n) is 5.04. The molecule has 4 heteroatoms. The molecule has 0 aromatic heterocycles. The molecule has 0 aliphatic rings. The smallest absolute Gasteiger partial charge is 0.251 e. The van der Waals surface area contributed by atoms with E-state index < -0.39 is 0 Å². The lowest BCUT2D eigenvalue weighted by molar-refractivity contribution is 0.0925. The van der Waals surface area contributed by atoms with Crippen LogP contribution in [-0.2, 0) is 4.74 Å². The first-order chi connectivity index (χ1) is 9.00. The number of amides is 1. The molecule has 0 heterocycles. The second-order valence-corrected chi connectivity index (χ2v) is 5.04. The molecule has 0 aliphatic carbocycles. The number of hydrogen-bond donors (Lipinski definition) is 1. The summed E-state index contributed by atoms with van der Waals surface area (Å²) in [6.45, 7) is 7.78. The third kappa shape index (κ3) is 5.83. The SMILES string of the molecule is Cc1cc(C(=O)NCCCOCC(C)C)ccc1F. The quantitative estimate of drug-likeness (QED) is 0.771. The Morgan fingerprint density at radius 2 is 2.16 bits per heavy atom. The summed E-state index contributed by atoms with van der Waals surface area (Å²) in [5, 5.41) is 2.79. The highest BCUT2D eigenvalue weighted by molar-refractivity contribution is 5.94. The fraction of sp³-hybridized carbons (Fsp3) is 0.533. The van der Waals surface area contributed by atoms with E-state index in [4.69, 9.17) is 4.74 Å². The molecule has 0 saturated carbocycles. The van der Waals surface area contributed by atoms with Gasteiger partial charge in [0.25, 0.3) is 5.91 Å². The maximum atomic E-state index is 13.1. The number of aryl methyl sites for hydroxylation is 1. The molecular weight excluding hydrogens is 245 g/mol. The van der Waals surface area contributed by atoms with Gasteiger partial charge in [-0.1, -0.05) is 13.8 Å². The minimum Gasteiger partial charge on any atom is -0.381 e. The van der Waals surface area contributed by atoms with Crippen LogP contribution < -0.4 is 5.32 Å². The van der Waals surface area contributed by atoms with Crippen molar-refractivity contribution in [1.29, 1.82) is 0 Å². The van der Waals surface area contributed by atoms with E-state index in [2.05, 4.69) is 19.2 Å². The molecule has 19 heavy (non-hydrogen) atoms. The maximum Gasteiger partial charge on any atom is 0.251 e. The predicted octanol–water partition coefficient (Wildman–Crippen LogP) is 2.93. The molecule has 0 unspecified atom stereocenters. The maximum absolute atomic E-state index is 13.1. The van der Waals surface area contributed by atoms with Crippen molar-refractivity contribution in [1.82, 2.24) is 5.32 Å². The zero-order valence-electron chi connectivity index (χ0n) is 11.8. The van der Waals surface area contributed by atoms with Crippen LogP contribution in [0, 0.1) is 18.7 Å². The van der Waals surface area contributed by atoms with Crippen LogP contribution in [0.3, 0.4) is 0 Å². The Morgan fingerprint density at radius 3 is 2.79 bits per heavy atom. The third-order valence-electron chi connectivity index (χ3n) is 2.62. The highest BCUT2D eigenvalue weighted by Gasteiger charge is 2.06.